The second-order valence-electron chi connectivity index (χ2n) is 3.52. The predicted molar refractivity (Wildman–Crippen MR) is 70.9 cm³/mol. The van der Waals surface area contributed by atoms with Crippen LogP contribution in [-0.4, -0.2) is 6.18 Å². The van der Waals surface area contributed by atoms with Crippen LogP contribution in [0.5, 0.6) is 0 Å². The zero-order valence-corrected chi connectivity index (χ0v) is 12.0. The number of nitrogens with two attached hydrogens (primary N) is 1. The van der Waals surface area contributed by atoms with Crippen molar-refractivity contribution in [2.24, 2.45) is 5.73 Å². The number of benzene rings is 1. The van der Waals surface area contributed by atoms with Crippen LogP contribution in [0.15, 0.2) is 12.1 Å². The van der Waals surface area contributed by atoms with Gasteiger partial charge in [0, 0.05) is 23.0 Å². The minimum atomic E-state index is -4.25. The highest BCUT2D eigenvalue weighted by Crippen LogP contribution is 2.37. The normalized spacial score (nSPS) is 13.1. The summed E-state index contributed by atoms with van der Waals surface area (Å²) in [5.74, 6) is 0. The van der Waals surface area contributed by atoms with Gasteiger partial charge in [0.15, 0.2) is 0 Å². The van der Waals surface area contributed by atoms with Crippen LogP contribution in [0.3, 0.4) is 0 Å². The lowest BCUT2D eigenvalue weighted by Gasteiger charge is -2.17. The lowest BCUT2D eigenvalue weighted by molar-refractivity contribution is -0.136. The number of alkyl halides is 3. The Morgan fingerprint density at radius 2 is 1.61 bits per heavy atom. The first kappa shape index (κ1) is 18.1. The van der Waals surface area contributed by atoms with Crippen molar-refractivity contribution >= 4 is 47.2 Å². The molecule has 0 unspecified atom stereocenters. The fourth-order valence-corrected chi connectivity index (χ4v) is 2.16. The molecule has 0 spiro atoms. The summed E-state index contributed by atoms with van der Waals surface area (Å²) in [4.78, 5) is 0. The summed E-state index contributed by atoms with van der Waals surface area (Å²) >= 11 is 17.5. The van der Waals surface area contributed by atoms with Crippen LogP contribution in [-0.2, 0) is 0 Å². The lowest BCUT2D eigenvalue weighted by Crippen LogP contribution is -2.16. The molecule has 1 aromatic rings. The van der Waals surface area contributed by atoms with E-state index in [1.807, 2.05) is 0 Å². The van der Waals surface area contributed by atoms with Gasteiger partial charge in [-0.25, -0.2) is 0 Å². The van der Waals surface area contributed by atoms with Gasteiger partial charge in [-0.2, -0.15) is 13.2 Å². The van der Waals surface area contributed by atoms with E-state index in [9.17, 15) is 13.2 Å². The van der Waals surface area contributed by atoms with Gasteiger partial charge in [-0.1, -0.05) is 34.8 Å². The molecule has 0 bridgehead atoms. The fraction of sp³-hybridized carbons (Fsp3) is 0.400. The fourth-order valence-electron chi connectivity index (χ4n) is 1.35. The Balaban J connectivity index is 0.00000289. The summed E-state index contributed by atoms with van der Waals surface area (Å²) in [5.41, 5.74) is 5.90. The highest BCUT2D eigenvalue weighted by Gasteiger charge is 2.29. The highest BCUT2D eigenvalue weighted by molar-refractivity contribution is 6.44. The molecule has 0 aromatic heterocycles. The Kier molecular flexibility index (Phi) is 7.11. The maximum atomic E-state index is 12.1. The van der Waals surface area contributed by atoms with E-state index in [2.05, 4.69) is 0 Å². The number of hydrogen-bond acceptors (Lipinski definition) is 1. The van der Waals surface area contributed by atoms with Gasteiger partial charge in [-0.15, -0.1) is 12.4 Å². The number of halogens is 7. The molecular weight excluding hydrogens is 333 g/mol. The van der Waals surface area contributed by atoms with Crippen molar-refractivity contribution in [1.29, 1.82) is 0 Å². The van der Waals surface area contributed by atoms with Crippen LogP contribution in [0, 0.1) is 0 Å². The van der Waals surface area contributed by atoms with E-state index in [-0.39, 0.29) is 39.5 Å². The Morgan fingerprint density at radius 1 is 1.11 bits per heavy atom. The van der Waals surface area contributed by atoms with Gasteiger partial charge in [0.05, 0.1) is 10.0 Å². The first-order valence-corrected chi connectivity index (χ1v) is 5.81. The van der Waals surface area contributed by atoms with Crippen LogP contribution < -0.4 is 5.73 Å². The summed E-state index contributed by atoms with van der Waals surface area (Å²) in [6, 6.07) is 2.03. The van der Waals surface area contributed by atoms with Gasteiger partial charge in [-0.3, -0.25) is 0 Å². The standard InChI is InChI=1S/C10H9Cl3F3N.ClH/c11-5-1-2-6(12)9(13)8(5)7(17)3-4-10(14,15)16;/h1-2,7H,3-4,17H2;1H/t7-;/m1./s1. The average molecular weight is 343 g/mol. The molecule has 0 saturated heterocycles. The van der Waals surface area contributed by atoms with E-state index in [1.165, 1.54) is 12.1 Å². The Hall–Kier alpha value is 0.130. The molecule has 1 rings (SSSR count). The minimum Gasteiger partial charge on any atom is -0.324 e. The SMILES string of the molecule is Cl.N[C@H](CCC(F)(F)F)c1c(Cl)ccc(Cl)c1Cl. The molecule has 0 aliphatic rings. The molecule has 18 heavy (non-hydrogen) atoms. The average Bonchev–Trinajstić information content (AvgIpc) is 2.20. The number of rotatable bonds is 3. The molecule has 0 saturated carbocycles. The third-order valence-electron chi connectivity index (χ3n) is 2.19. The van der Waals surface area contributed by atoms with Crippen molar-refractivity contribution in [3.63, 3.8) is 0 Å². The van der Waals surface area contributed by atoms with Gasteiger partial charge < -0.3 is 5.73 Å². The maximum absolute atomic E-state index is 12.1. The number of hydrogen-bond donors (Lipinski definition) is 1. The largest absolute Gasteiger partial charge is 0.389 e. The van der Waals surface area contributed by atoms with Crippen molar-refractivity contribution in [2.45, 2.75) is 25.1 Å². The van der Waals surface area contributed by atoms with Crippen LogP contribution in [0.4, 0.5) is 13.2 Å². The van der Waals surface area contributed by atoms with E-state index in [0.717, 1.165) is 0 Å². The van der Waals surface area contributed by atoms with Crippen molar-refractivity contribution in [2.75, 3.05) is 0 Å². The van der Waals surface area contributed by atoms with Crippen LogP contribution in [0.2, 0.25) is 15.1 Å². The minimum absolute atomic E-state index is 0. The van der Waals surface area contributed by atoms with E-state index in [0.29, 0.717) is 0 Å². The molecular formula is C10H10Cl4F3N. The summed E-state index contributed by atoms with van der Waals surface area (Å²) in [7, 11) is 0. The van der Waals surface area contributed by atoms with Crippen molar-refractivity contribution < 1.29 is 13.2 Å². The van der Waals surface area contributed by atoms with Gasteiger partial charge in [0.1, 0.15) is 0 Å². The summed E-state index contributed by atoms with van der Waals surface area (Å²) < 4.78 is 36.2. The molecule has 0 aliphatic carbocycles. The smallest absolute Gasteiger partial charge is 0.324 e. The van der Waals surface area contributed by atoms with Crippen molar-refractivity contribution in [3.8, 4) is 0 Å². The third-order valence-corrected chi connectivity index (χ3v) is 3.34. The second-order valence-corrected chi connectivity index (χ2v) is 4.71. The molecule has 104 valence electrons. The molecule has 0 aliphatic heterocycles. The van der Waals surface area contributed by atoms with Crippen molar-refractivity contribution in [3.05, 3.63) is 32.8 Å². The van der Waals surface area contributed by atoms with E-state index in [4.69, 9.17) is 40.5 Å². The van der Waals surface area contributed by atoms with Crippen LogP contribution in [0.25, 0.3) is 0 Å². The Labute approximate surface area is 124 Å². The maximum Gasteiger partial charge on any atom is 0.389 e. The molecule has 0 fully saturated rings. The van der Waals surface area contributed by atoms with Gasteiger partial charge >= 0.3 is 6.18 Å². The second kappa shape index (κ2) is 7.06. The predicted octanol–water partition coefficient (Wildman–Crippen LogP) is 5.41. The summed E-state index contributed by atoms with van der Waals surface area (Å²) in [5, 5.41) is 0.538. The monoisotopic (exact) mass is 341 g/mol. The Morgan fingerprint density at radius 3 is 2.11 bits per heavy atom. The van der Waals surface area contributed by atoms with Crippen LogP contribution >= 0.6 is 47.2 Å². The molecule has 0 heterocycles. The first-order valence-electron chi connectivity index (χ1n) is 4.68. The zero-order valence-electron chi connectivity index (χ0n) is 8.90. The molecule has 0 radical (unpaired) electrons. The molecule has 1 atom stereocenters. The van der Waals surface area contributed by atoms with Gasteiger partial charge in [0.25, 0.3) is 0 Å². The molecule has 0 amide bonds. The lowest BCUT2D eigenvalue weighted by atomic mass is 10.0. The highest BCUT2D eigenvalue weighted by atomic mass is 35.5. The molecule has 8 heteroatoms. The van der Waals surface area contributed by atoms with Crippen LogP contribution in [0.1, 0.15) is 24.4 Å². The quantitative estimate of drug-likeness (QED) is 0.730. The molecule has 1 nitrogen and oxygen atoms in total. The first-order chi connectivity index (χ1) is 7.72. The third kappa shape index (κ3) is 5.02. The molecule has 1 aromatic carbocycles. The van der Waals surface area contributed by atoms with Gasteiger partial charge in [-0.05, 0) is 18.6 Å². The van der Waals surface area contributed by atoms with E-state index >= 15 is 0 Å². The molecule has 2 N–H and O–H groups in total. The topological polar surface area (TPSA) is 26.0 Å². The summed E-state index contributed by atoms with van der Waals surface area (Å²) in [6.45, 7) is 0. The summed E-state index contributed by atoms with van der Waals surface area (Å²) in [6.07, 6.45) is -5.54. The van der Waals surface area contributed by atoms with E-state index < -0.39 is 18.6 Å². The van der Waals surface area contributed by atoms with E-state index in [1.54, 1.807) is 0 Å². The van der Waals surface area contributed by atoms with Crippen molar-refractivity contribution in [1.82, 2.24) is 0 Å². The van der Waals surface area contributed by atoms with Gasteiger partial charge in [0.2, 0.25) is 0 Å². The zero-order chi connectivity index (χ0) is 13.2. The Bertz CT molecular complexity index is 409.